The number of carbonyl (C=O) groups excluding carboxylic acids is 2. The number of piperidine rings is 1. The first-order chi connectivity index (χ1) is 10.2. The highest BCUT2D eigenvalue weighted by molar-refractivity contribution is 5.82. The van der Waals surface area contributed by atoms with Crippen molar-refractivity contribution in [3.63, 3.8) is 0 Å². The minimum absolute atomic E-state index is 0.0260. The molecular formula is C16H25N3O2. The van der Waals surface area contributed by atoms with E-state index in [-0.39, 0.29) is 17.9 Å². The predicted molar refractivity (Wildman–Crippen MR) is 81.4 cm³/mol. The summed E-state index contributed by atoms with van der Waals surface area (Å²) in [6.07, 6.45) is 10.2. The van der Waals surface area contributed by atoms with Gasteiger partial charge < -0.3 is 15.5 Å². The van der Waals surface area contributed by atoms with E-state index >= 15 is 0 Å². The summed E-state index contributed by atoms with van der Waals surface area (Å²) in [7, 11) is 0. The lowest BCUT2D eigenvalue weighted by Crippen LogP contribution is -2.46. The molecule has 0 aromatic carbocycles. The summed E-state index contributed by atoms with van der Waals surface area (Å²) in [6.45, 7) is 3.15. The van der Waals surface area contributed by atoms with Crippen molar-refractivity contribution >= 4 is 11.8 Å². The summed E-state index contributed by atoms with van der Waals surface area (Å²) >= 11 is 0. The van der Waals surface area contributed by atoms with Gasteiger partial charge in [-0.15, -0.1) is 12.3 Å². The van der Waals surface area contributed by atoms with Crippen LogP contribution in [0.1, 0.15) is 38.5 Å². The molecule has 2 amide bonds. The summed E-state index contributed by atoms with van der Waals surface area (Å²) in [5.41, 5.74) is 0. The normalized spacial score (nSPS) is 25.4. The quantitative estimate of drug-likeness (QED) is 0.726. The Hall–Kier alpha value is -1.54. The topological polar surface area (TPSA) is 61.4 Å². The summed E-state index contributed by atoms with van der Waals surface area (Å²) in [5.74, 6) is 3.11. The molecule has 2 rings (SSSR count). The fourth-order valence-electron chi connectivity index (χ4n) is 3.07. The zero-order chi connectivity index (χ0) is 15.1. The lowest BCUT2D eigenvalue weighted by Gasteiger charge is -2.33. The molecular weight excluding hydrogens is 266 g/mol. The van der Waals surface area contributed by atoms with Crippen LogP contribution >= 0.6 is 0 Å². The molecule has 2 atom stereocenters. The van der Waals surface area contributed by atoms with E-state index in [2.05, 4.69) is 16.6 Å². The van der Waals surface area contributed by atoms with Crippen LogP contribution in [-0.4, -0.2) is 48.9 Å². The Balaban J connectivity index is 1.72. The average Bonchev–Trinajstić information content (AvgIpc) is 3.05. The van der Waals surface area contributed by atoms with E-state index in [0.29, 0.717) is 25.3 Å². The van der Waals surface area contributed by atoms with E-state index in [1.54, 1.807) is 0 Å². The van der Waals surface area contributed by atoms with Crippen molar-refractivity contribution < 1.29 is 9.59 Å². The first-order valence-corrected chi connectivity index (χ1v) is 7.93. The highest BCUT2D eigenvalue weighted by Crippen LogP contribution is 2.17. The van der Waals surface area contributed by atoms with Crippen molar-refractivity contribution in [1.82, 2.24) is 15.5 Å². The van der Waals surface area contributed by atoms with Crippen LogP contribution in [0.5, 0.6) is 0 Å². The van der Waals surface area contributed by atoms with Crippen LogP contribution < -0.4 is 10.6 Å². The van der Waals surface area contributed by atoms with Crippen molar-refractivity contribution in [2.45, 2.75) is 44.6 Å². The van der Waals surface area contributed by atoms with Crippen molar-refractivity contribution in [2.75, 3.05) is 26.2 Å². The van der Waals surface area contributed by atoms with Gasteiger partial charge in [-0.25, -0.2) is 0 Å². The van der Waals surface area contributed by atoms with Crippen molar-refractivity contribution in [1.29, 1.82) is 0 Å². The molecule has 21 heavy (non-hydrogen) atoms. The number of terminal acetylenes is 1. The second-order valence-electron chi connectivity index (χ2n) is 5.95. The maximum atomic E-state index is 12.0. The SMILES string of the molecule is C#CCCC(=O)N1CCCC(CNC(=O)C2CCCN2)C1. The number of likely N-dealkylation sites (tertiary alicyclic amines) is 1. The van der Waals surface area contributed by atoms with Gasteiger partial charge in [-0.05, 0) is 38.1 Å². The molecule has 2 saturated heterocycles. The smallest absolute Gasteiger partial charge is 0.237 e. The maximum Gasteiger partial charge on any atom is 0.237 e. The maximum absolute atomic E-state index is 12.0. The number of nitrogens with zero attached hydrogens (tertiary/aromatic N) is 1. The molecule has 2 aliphatic heterocycles. The van der Waals surface area contributed by atoms with Crippen LogP contribution in [0.25, 0.3) is 0 Å². The van der Waals surface area contributed by atoms with E-state index in [9.17, 15) is 9.59 Å². The Morgan fingerprint density at radius 2 is 2.19 bits per heavy atom. The van der Waals surface area contributed by atoms with E-state index in [4.69, 9.17) is 6.42 Å². The first-order valence-electron chi connectivity index (χ1n) is 7.93. The number of hydrogen-bond acceptors (Lipinski definition) is 3. The average molecular weight is 291 g/mol. The molecule has 0 aromatic heterocycles. The Bertz CT molecular complexity index is 410. The largest absolute Gasteiger partial charge is 0.354 e. The molecule has 5 nitrogen and oxygen atoms in total. The van der Waals surface area contributed by atoms with E-state index in [1.807, 2.05) is 4.90 Å². The number of hydrogen-bond donors (Lipinski definition) is 2. The summed E-state index contributed by atoms with van der Waals surface area (Å²) in [6, 6.07) is -0.0260. The van der Waals surface area contributed by atoms with Crippen molar-refractivity contribution in [3.05, 3.63) is 0 Å². The van der Waals surface area contributed by atoms with Crippen LogP contribution in [0.4, 0.5) is 0 Å². The third-order valence-corrected chi connectivity index (χ3v) is 4.30. The third-order valence-electron chi connectivity index (χ3n) is 4.30. The lowest BCUT2D eigenvalue weighted by molar-refractivity contribution is -0.132. The number of nitrogens with one attached hydrogen (secondary N) is 2. The zero-order valence-electron chi connectivity index (χ0n) is 12.6. The van der Waals surface area contributed by atoms with Crippen LogP contribution in [0.15, 0.2) is 0 Å². The summed E-state index contributed by atoms with van der Waals surface area (Å²) in [5, 5.41) is 6.22. The molecule has 0 aromatic rings. The van der Waals surface area contributed by atoms with Gasteiger partial charge in [-0.1, -0.05) is 0 Å². The minimum Gasteiger partial charge on any atom is -0.354 e. The van der Waals surface area contributed by atoms with Gasteiger partial charge in [0.2, 0.25) is 11.8 Å². The van der Waals surface area contributed by atoms with Crippen LogP contribution in [0, 0.1) is 18.3 Å². The Labute approximate surface area is 126 Å². The predicted octanol–water partition coefficient (Wildman–Crippen LogP) is 0.507. The molecule has 2 heterocycles. The van der Waals surface area contributed by atoms with Crippen molar-refractivity contribution in [2.24, 2.45) is 5.92 Å². The number of carbonyl (C=O) groups is 2. The molecule has 0 saturated carbocycles. The van der Waals surface area contributed by atoms with Gasteiger partial charge >= 0.3 is 0 Å². The van der Waals surface area contributed by atoms with Crippen LogP contribution in [0.2, 0.25) is 0 Å². The van der Waals surface area contributed by atoms with Gasteiger partial charge in [0.1, 0.15) is 0 Å². The molecule has 0 radical (unpaired) electrons. The summed E-state index contributed by atoms with van der Waals surface area (Å²) in [4.78, 5) is 25.8. The lowest BCUT2D eigenvalue weighted by atomic mass is 9.97. The van der Waals surface area contributed by atoms with Gasteiger partial charge in [0.15, 0.2) is 0 Å². The molecule has 5 heteroatoms. The fourth-order valence-corrected chi connectivity index (χ4v) is 3.07. The standard InChI is InChI=1S/C16H25N3O2/c1-2-3-8-15(20)19-10-5-6-13(12-19)11-18-16(21)14-7-4-9-17-14/h1,13-14,17H,3-12H2,(H,18,21). The molecule has 2 fully saturated rings. The van der Waals surface area contributed by atoms with Gasteiger partial charge in [-0.3, -0.25) is 9.59 Å². The number of rotatable bonds is 5. The first kappa shape index (κ1) is 15.8. The molecule has 0 aliphatic carbocycles. The molecule has 116 valence electrons. The molecule has 2 aliphatic rings. The molecule has 2 N–H and O–H groups in total. The van der Waals surface area contributed by atoms with E-state index < -0.39 is 0 Å². The van der Waals surface area contributed by atoms with Gasteiger partial charge in [0.25, 0.3) is 0 Å². The Morgan fingerprint density at radius 3 is 2.90 bits per heavy atom. The monoisotopic (exact) mass is 291 g/mol. The van der Waals surface area contributed by atoms with Gasteiger partial charge in [-0.2, -0.15) is 0 Å². The van der Waals surface area contributed by atoms with Crippen LogP contribution in [0.3, 0.4) is 0 Å². The second kappa shape index (κ2) is 8.04. The molecule has 2 unspecified atom stereocenters. The molecule has 0 spiro atoms. The fraction of sp³-hybridized carbons (Fsp3) is 0.750. The third kappa shape index (κ3) is 4.75. The van der Waals surface area contributed by atoms with E-state index in [1.165, 1.54) is 0 Å². The zero-order valence-corrected chi connectivity index (χ0v) is 12.6. The Morgan fingerprint density at radius 1 is 1.33 bits per heavy atom. The highest BCUT2D eigenvalue weighted by Gasteiger charge is 2.26. The Kier molecular flexibility index (Phi) is 6.06. The highest BCUT2D eigenvalue weighted by atomic mass is 16.2. The van der Waals surface area contributed by atoms with E-state index in [0.717, 1.165) is 45.3 Å². The van der Waals surface area contributed by atoms with Gasteiger partial charge in [0, 0.05) is 32.5 Å². The van der Waals surface area contributed by atoms with Crippen LogP contribution in [-0.2, 0) is 9.59 Å². The number of amides is 2. The second-order valence-corrected chi connectivity index (χ2v) is 5.95. The van der Waals surface area contributed by atoms with Gasteiger partial charge in [0.05, 0.1) is 6.04 Å². The summed E-state index contributed by atoms with van der Waals surface area (Å²) < 4.78 is 0. The molecule has 0 bridgehead atoms. The minimum atomic E-state index is -0.0260. The van der Waals surface area contributed by atoms with Crippen molar-refractivity contribution in [3.8, 4) is 12.3 Å².